The molecule has 2 fully saturated rings. The Balaban J connectivity index is 1.78. The molecule has 2 rings (SSSR count). The van der Waals surface area contributed by atoms with E-state index < -0.39 is 0 Å². The summed E-state index contributed by atoms with van der Waals surface area (Å²) in [6.07, 6.45) is 7.96. The topological polar surface area (TPSA) is 46.2 Å². The zero-order chi connectivity index (χ0) is 9.97. The maximum Gasteiger partial charge on any atom is 0.0565 e. The molecule has 82 valence electrons. The lowest BCUT2D eigenvalue weighted by Gasteiger charge is -2.24. The smallest absolute Gasteiger partial charge is 0.0565 e. The molecule has 0 saturated heterocycles. The van der Waals surface area contributed by atoms with Crippen molar-refractivity contribution in [3.8, 4) is 0 Å². The lowest BCUT2D eigenvalue weighted by molar-refractivity contribution is 0.277. The maximum atomic E-state index is 9.33. The van der Waals surface area contributed by atoms with Crippen molar-refractivity contribution in [2.45, 2.75) is 55.1 Å². The van der Waals surface area contributed by atoms with Crippen molar-refractivity contribution in [3.05, 3.63) is 0 Å². The van der Waals surface area contributed by atoms with Crippen LogP contribution in [-0.4, -0.2) is 28.3 Å². The van der Waals surface area contributed by atoms with Crippen LogP contribution in [0.3, 0.4) is 0 Å². The van der Waals surface area contributed by atoms with Gasteiger partial charge in [0.25, 0.3) is 0 Å². The standard InChI is InChI=1S/C11H21NOS/c12-11(8-5-6-8)10(7-13)14-9-3-1-2-4-9/h8-11,13H,1-7,12H2. The fraction of sp³-hybridized carbons (Fsp3) is 1.00. The highest BCUT2D eigenvalue weighted by atomic mass is 32.2. The number of aliphatic hydroxyl groups excluding tert-OH is 1. The lowest BCUT2D eigenvalue weighted by atomic mass is 10.1. The van der Waals surface area contributed by atoms with Crippen molar-refractivity contribution >= 4 is 11.8 Å². The fourth-order valence-corrected chi connectivity index (χ4v) is 3.90. The van der Waals surface area contributed by atoms with Crippen LogP contribution < -0.4 is 5.73 Å². The van der Waals surface area contributed by atoms with Gasteiger partial charge in [-0.15, -0.1) is 0 Å². The normalized spacial score (nSPS) is 27.9. The summed E-state index contributed by atoms with van der Waals surface area (Å²) in [7, 11) is 0. The second-order valence-corrected chi connectivity index (χ2v) is 6.22. The van der Waals surface area contributed by atoms with Gasteiger partial charge in [0.05, 0.1) is 6.61 Å². The van der Waals surface area contributed by atoms with Crippen LogP contribution in [0.4, 0.5) is 0 Å². The van der Waals surface area contributed by atoms with E-state index in [-0.39, 0.29) is 12.6 Å². The number of rotatable bonds is 5. The Morgan fingerprint density at radius 3 is 2.36 bits per heavy atom. The predicted octanol–water partition coefficient (Wildman–Crippen LogP) is 1.76. The van der Waals surface area contributed by atoms with Crippen molar-refractivity contribution in [1.29, 1.82) is 0 Å². The molecule has 0 radical (unpaired) electrons. The SMILES string of the molecule is NC(C1CC1)C(CO)SC1CCCC1. The quantitative estimate of drug-likeness (QED) is 0.734. The Morgan fingerprint density at radius 1 is 1.21 bits per heavy atom. The van der Waals surface area contributed by atoms with E-state index in [9.17, 15) is 5.11 Å². The third kappa shape index (κ3) is 2.65. The lowest BCUT2D eigenvalue weighted by Crippen LogP contribution is -2.38. The first kappa shape index (κ1) is 10.8. The molecule has 0 aliphatic heterocycles. The molecule has 2 aliphatic rings. The van der Waals surface area contributed by atoms with Gasteiger partial charge in [-0.2, -0.15) is 11.8 Å². The van der Waals surface area contributed by atoms with Crippen LogP contribution in [0.5, 0.6) is 0 Å². The molecule has 0 amide bonds. The first-order valence-electron chi connectivity index (χ1n) is 5.83. The molecule has 2 aliphatic carbocycles. The predicted molar refractivity (Wildman–Crippen MR) is 61.4 cm³/mol. The minimum absolute atomic E-state index is 0.241. The summed E-state index contributed by atoms with van der Waals surface area (Å²) in [5.74, 6) is 0.709. The zero-order valence-corrected chi connectivity index (χ0v) is 9.51. The van der Waals surface area contributed by atoms with E-state index >= 15 is 0 Å². The van der Waals surface area contributed by atoms with Gasteiger partial charge >= 0.3 is 0 Å². The summed E-state index contributed by atoms with van der Waals surface area (Å²) in [5.41, 5.74) is 6.13. The van der Waals surface area contributed by atoms with Crippen molar-refractivity contribution in [2.24, 2.45) is 11.7 Å². The van der Waals surface area contributed by atoms with Crippen molar-refractivity contribution < 1.29 is 5.11 Å². The molecular formula is C11H21NOS. The van der Waals surface area contributed by atoms with E-state index in [1.54, 1.807) is 0 Å². The van der Waals surface area contributed by atoms with E-state index in [2.05, 4.69) is 0 Å². The van der Waals surface area contributed by atoms with E-state index in [0.29, 0.717) is 11.2 Å². The third-order valence-electron chi connectivity index (χ3n) is 3.45. The van der Waals surface area contributed by atoms with Crippen LogP contribution in [0.2, 0.25) is 0 Å². The van der Waals surface area contributed by atoms with Crippen LogP contribution in [0.15, 0.2) is 0 Å². The number of thioether (sulfide) groups is 1. The fourth-order valence-electron chi connectivity index (χ4n) is 2.31. The van der Waals surface area contributed by atoms with Gasteiger partial charge < -0.3 is 10.8 Å². The summed E-state index contributed by atoms with van der Waals surface area (Å²) >= 11 is 1.95. The maximum absolute atomic E-state index is 9.33. The van der Waals surface area contributed by atoms with Gasteiger partial charge in [-0.1, -0.05) is 12.8 Å². The molecule has 2 saturated carbocycles. The highest BCUT2D eigenvalue weighted by Gasteiger charge is 2.35. The third-order valence-corrected chi connectivity index (χ3v) is 5.11. The summed E-state index contributed by atoms with van der Waals surface area (Å²) in [5, 5.41) is 10.4. The molecule has 2 atom stereocenters. The summed E-state index contributed by atoms with van der Waals surface area (Å²) in [6.45, 7) is 0.263. The Morgan fingerprint density at radius 2 is 1.86 bits per heavy atom. The molecule has 0 heterocycles. The van der Waals surface area contributed by atoms with Gasteiger partial charge in [0.1, 0.15) is 0 Å². The molecule has 0 bridgehead atoms. The summed E-state index contributed by atoms with van der Waals surface area (Å²) in [6, 6.07) is 0.241. The summed E-state index contributed by atoms with van der Waals surface area (Å²) in [4.78, 5) is 0. The second kappa shape index (κ2) is 4.86. The monoisotopic (exact) mass is 215 g/mol. The average Bonchev–Trinajstić information content (AvgIpc) is 2.93. The van der Waals surface area contributed by atoms with E-state index in [1.807, 2.05) is 11.8 Å². The molecule has 0 spiro atoms. The minimum atomic E-state index is 0.241. The van der Waals surface area contributed by atoms with Gasteiger partial charge in [0, 0.05) is 16.5 Å². The van der Waals surface area contributed by atoms with Crippen molar-refractivity contribution in [2.75, 3.05) is 6.61 Å². The molecule has 0 aromatic carbocycles. The van der Waals surface area contributed by atoms with Crippen molar-refractivity contribution in [3.63, 3.8) is 0 Å². The van der Waals surface area contributed by atoms with Gasteiger partial charge in [-0.05, 0) is 31.6 Å². The molecule has 0 aromatic heterocycles. The van der Waals surface area contributed by atoms with Crippen LogP contribution in [0.25, 0.3) is 0 Å². The number of nitrogens with two attached hydrogens (primary N) is 1. The van der Waals surface area contributed by atoms with Crippen LogP contribution in [0.1, 0.15) is 38.5 Å². The highest BCUT2D eigenvalue weighted by molar-refractivity contribution is 8.00. The first-order valence-corrected chi connectivity index (χ1v) is 6.77. The molecule has 3 heteroatoms. The number of hydrogen-bond donors (Lipinski definition) is 2. The zero-order valence-electron chi connectivity index (χ0n) is 8.69. The van der Waals surface area contributed by atoms with E-state index in [0.717, 1.165) is 5.25 Å². The minimum Gasteiger partial charge on any atom is -0.395 e. The molecular weight excluding hydrogens is 194 g/mol. The van der Waals surface area contributed by atoms with Gasteiger partial charge in [0.2, 0.25) is 0 Å². The number of hydrogen-bond acceptors (Lipinski definition) is 3. The van der Waals surface area contributed by atoms with Gasteiger partial charge in [-0.3, -0.25) is 0 Å². The Kier molecular flexibility index (Phi) is 3.74. The Bertz CT molecular complexity index is 178. The van der Waals surface area contributed by atoms with Gasteiger partial charge in [0.15, 0.2) is 0 Å². The van der Waals surface area contributed by atoms with Crippen molar-refractivity contribution in [1.82, 2.24) is 0 Å². The second-order valence-electron chi connectivity index (χ2n) is 4.68. The van der Waals surface area contributed by atoms with Gasteiger partial charge in [-0.25, -0.2) is 0 Å². The molecule has 2 unspecified atom stereocenters. The number of aliphatic hydroxyl groups is 1. The van der Waals surface area contributed by atoms with Crippen LogP contribution >= 0.6 is 11.8 Å². The van der Waals surface area contributed by atoms with Crippen LogP contribution in [0, 0.1) is 5.92 Å². The molecule has 14 heavy (non-hydrogen) atoms. The molecule has 2 nitrogen and oxygen atoms in total. The van der Waals surface area contributed by atoms with E-state index in [1.165, 1.54) is 38.5 Å². The van der Waals surface area contributed by atoms with E-state index in [4.69, 9.17) is 5.73 Å². The average molecular weight is 215 g/mol. The molecule has 3 N–H and O–H groups in total. The first-order chi connectivity index (χ1) is 6.81. The largest absolute Gasteiger partial charge is 0.395 e. The van der Waals surface area contributed by atoms with Crippen LogP contribution in [-0.2, 0) is 0 Å². The Hall–Kier alpha value is 0.270. The summed E-state index contributed by atoms with van der Waals surface area (Å²) < 4.78 is 0. The Labute approximate surface area is 90.6 Å². The highest BCUT2D eigenvalue weighted by Crippen LogP contribution is 2.39. The molecule has 0 aromatic rings.